The molecule has 5 heterocycles. The third kappa shape index (κ3) is 5.54. The summed E-state index contributed by atoms with van der Waals surface area (Å²) in [7, 11) is 0. The lowest BCUT2D eigenvalue weighted by Crippen LogP contribution is -2.62. The van der Waals surface area contributed by atoms with E-state index in [1.807, 2.05) is 24.5 Å². The predicted octanol–water partition coefficient (Wildman–Crippen LogP) is 10.9. The number of aromatic nitrogens is 2. The van der Waals surface area contributed by atoms with Gasteiger partial charge in [-0.1, -0.05) is 154 Å². The smallest absolute Gasteiger partial charge is 0.248 e. The highest BCUT2D eigenvalue weighted by Gasteiger charge is 2.48. The molecule has 0 aliphatic carbocycles. The van der Waals surface area contributed by atoms with Crippen molar-refractivity contribution in [3.63, 3.8) is 0 Å². The Morgan fingerprint density at radius 3 is 1.15 bits per heavy atom. The molecule has 0 N–H and O–H groups in total. The summed E-state index contributed by atoms with van der Waals surface area (Å²) in [5, 5.41) is 5.01. The lowest BCUT2D eigenvalue weighted by molar-refractivity contribution is 1.19. The van der Waals surface area contributed by atoms with E-state index in [2.05, 4.69) is 197 Å². The number of anilines is 6. The number of pyridine rings is 2. The van der Waals surface area contributed by atoms with Gasteiger partial charge in [0.2, 0.25) is 13.4 Å². The molecule has 0 fully saturated rings. The molecule has 0 atom stereocenters. The molecule has 10 aromatic rings. The van der Waals surface area contributed by atoms with E-state index in [4.69, 9.17) is 9.97 Å². The number of aryl methyl sites for hydroxylation is 6. The fourth-order valence-electron chi connectivity index (χ4n) is 12.4. The van der Waals surface area contributed by atoms with E-state index in [0.29, 0.717) is 0 Å². The number of benzene rings is 8. The normalized spacial score (nSPS) is 13.2. The molecular formula is C60H46B2N4. The van der Waals surface area contributed by atoms with Crippen molar-refractivity contribution in [2.45, 2.75) is 41.5 Å². The van der Waals surface area contributed by atoms with Gasteiger partial charge in [0.15, 0.2) is 0 Å². The molecule has 312 valence electrons. The molecule has 0 saturated heterocycles. The van der Waals surface area contributed by atoms with Gasteiger partial charge >= 0.3 is 0 Å². The van der Waals surface area contributed by atoms with Crippen molar-refractivity contribution in [3.05, 3.63) is 203 Å². The zero-order chi connectivity index (χ0) is 44.5. The summed E-state index contributed by atoms with van der Waals surface area (Å²) in [5.74, 6) is 0. The zero-order valence-corrected chi connectivity index (χ0v) is 38.1. The molecule has 0 unspecified atom stereocenters. The third-order valence-corrected chi connectivity index (χ3v) is 14.7. The Kier molecular flexibility index (Phi) is 8.46. The van der Waals surface area contributed by atoms with Crippen LogP contribution in [0.25, 0.3) is 44.1 Å². The number of fused-ring (bicyclic) bond motifs is 10. The van der Waals surface area contributed by atoms with Crippen LogP contribution in [0.3, 0.4) is 0 Å². The monoisotopic (exact) mass is 844 g/mol. The van der Waals surface area contributed by atoms with E-state index in [-0.39, 0.29) is 13.4 Å². The quantitative estimate of drug-likeness (QED) is 0.165. The molecule has 0 spiro atoms. The van der Waals surface area contributed by atoms with Crippen LogP contribution in [0.1, 0.15) is 33.4 Å². The second-order valence-electron chi connectivity index (χ2n) is 18.9. The molecule has 4 nitrogen and oxygen atoms in total. The molecule has 3 aliphatic rings. The van der Waals surface area contributed by atoms with Crippen LogP contribution < -0.4 is 42.6 Å². The summed E-state index contributed by atoms with van der Waals surface area (Å²) in [6.45, 7) is 13.6. The van der Waals surface area contributed by atoms with E-state index >= 15 is 0 Å². The van der Waals surface area contributed by atoms with E-state index in [9.17, 15) is 0 Å². The lowest BCUT2D eigenvalue weighted by Gasteiger charge is -2.50. The van der Waals surface area contributed by atoms with Gasteiger partial charge in [-0.15, -0.1) is 0 Å². The largest absolute Gasteiger partial charge is 0.307 e. The van der Waals surface area contributed by atoms with Gasteiger partial charge in [0, 0.05) is 34.9 Å². The molecular weight excluding hydrogens is 798 g/mol. The third-order valence-electron chi connectivity index (χ3n) is 14.7. The molecule has 0 amide bonds. The maximum absolute atomic E-state index is 4.91. The van der Waals surface area contributed by atoms with E-state index in [0.717, 1.165) is 22.5 Å². The first-order chi connectivity index (χ1) is 32.2. The highest BCUT2D eigenvalue weighted by atomic mass is 15.3. The standard InChI is InChI=1S/C60H46B2N4/c1-35-27-37(3)55(38(4)28-35)61-47-23-21-43(49-19-11-13-25-63-49)33-51(47)65-54-32-42-16-8-10-18-46(42)58-60(54)66(53-31-41-15-7-9-17-45(41)57(61)59(53)65)52-34-44(50-20-12-14-26-64-50)22-24-48(52)62(58)56-39(5)29-36(2)30-40(56)6/h7-34H,1-6H3. The highest BCUT2D eigenvalue weighted by molar-refractivity contribution is 7.01. The molecule has 6 heteroatoms. The summed E-state index contributed by atoms with van der Waals surface area (Å²) in [4.78, 5) is 15.1. The Bertz CT molecular complexity index is 3400. The van der Waals surface area contributed by atoms with Gasteiger partial charge in [-0.05, 0) is 133 Å². The van der Waals surface area contributed by atoms with Gasteiger partial charge < -0.3 is 9.80 Å². The SMILES string of the molecule is Cc1cc(C)c(B2c3ccc(-c4ccccn4)cc3N3c4cc5ccccc5c5c4N(c4cc(-c6ccccn6)ccc4B5c4c(C)cc(C)cc4C)c4cc5ccccc5c2c43)c(C)c1. The Morgan fingerprint density at radius 1 is 0.364 bits per heavy atom. The molecule has 0 radical (unpaired) electrons. The van der Waals surface area contributed by atoms with Crippen molar-refractivity contribution in [3.8, 4) is 22.5 Å². The summed E-state index contributed by atoms with van der Waals surface area (Å²) < 4.78 is 0. The van der Waals surface area contributed by atoms with Crippen molar-refractivity contribution in [2.75, 3.05) is 9.80 Å². The van der Waals surface area contributed by atoms with Gasteiger partial charge in [0.1, 0.15) is 0 Å². The van der Waals surface area contributed by atoms with Crippen LogP contribution in [0.2, 0.25) is 0 Å². The van der Waals surface area contributed by atoms with Crippen molar-refractivity contribution in [2.24, 2.45) is 0 Å². The molecule has 2 aromatic heterocycles. The van der Waals surface area contributed by atoms with Gasteiger partial charge in [-0.2, -0.15) is 0 Å². The van der Waals surface area contributed by atoms with Crippen molar-refractivity contribution in [1.29, 1.82) is 0 Å². The number of hydrogen-bond donors (Lipinski definition) is 0. The molecule has 0 saturated carbocycles. The van der Waals surface area contributed by atoms with Crippen molar-refractivity contribution in [1.82, 2.24) is 9.97 Å². The van der Waals surface area contributed by atoms with Gasteiger partial charge in [0.25, 0.3) is 0 Å². The first-order valence-corrected chi connectivity index (χ1v) is 23.2. The molecule has 66 heavy (non-hydrogen) atoms. The number of hydrogen-bond acceptors (Lipinski definition) is 4. The van der Waals surface area contributed by atoms with E-state index in [1.54, 1.807) is 0 Å². The van der Waals surface area contributed by atoms with Crippen LogP contribution in [0, 0.1) is 41.5 Å². The number of nitrogens with zero attached hydrogens (tertiary/aromatic N) is 4. The minimum Gasteiger partial charge on any atom is -0.307 e. The van der Waals surface area contributed by atoms with E-state index < -0.39 is 0 Å². The maximum Gasteiger partial charge on any atom is 0.248 e. The lowest BCUT2D eigenvalue weighted by atomic mass is 9.32. The van der Waals surface area contributed by atoms with Crippen molar-refractivity contribution >= 4 is 102 Å². The maximum atomic E-state index is 4.91. The first kappa shape index (κ1) is 38.7. The Balaban J connectivity index is 1.23. The summed E-state index contributed by atoms with van der Waals surface area (Å²) in [5.41, 5.74) is 27.2. The molecule has 13 rings (SSSR count). The topological polar surface area (TPSA) is 32.3 Å². The summed E-state index contributed by atoms with van der Waals surface area (Å²) in [6, 6.07) is 59.3. The van der Waals surface area contributed by atoms with Crippen LogP contribution >= 0.6 is 0 Å². The fourth-order valence-corrected chi connectivity index (χ4v) is 12.4. The van der Waals surface area contributed by atoms with E-state index in [1.165, 1.54) is 122 Å². The average molecular weight is 845 g/mol. The van der Waals surface area contributed by atoms with Crippen LogP contribution in [0.5, 0.6) is 0 Å². The van der Waals surface area contributed by atoms with Crippen LogP contribution in [0.15, 0.2) is 170 Å². The van der Waals surface area contributed by atoms with Crippen LogP contribution in [0.4, 0.5) is 34.1 Å². The summed E-state index contributed by atoms with van der Waals surface area (Å²) in [6.07, 6.45) is 3.81. The molecule has 8 aromatic carbocycles. The average Bonchev–Trinajstić information content (AvgIpc) is 3.32. The Hall–Kier alpha value is -7.69. The zero-order valence-electron chi connectivity index (χ0n) is 38.1. The van der Waals surface area contributed by atoms with Crippen molar-refractivity contribution < 1.29 is 0 Å². The molecule has 0 bridgehead atoms. The fraction of sp³-hybridized carbons (Fsp3) is 0.100. The Labute approximate surface area is 387 Å². The number of rotatable bonds is 4. The Morgan fingerprint density at radius 2 is 0.758 bits per heavy atom. The second kappa shape index (κ2) is 14.4. The summed E-state index contributed by atoms with van der Waals surface area (Å²) >= 11 is 0. The minimum absolute atomic E-state index is 0.0364. The van der Waals surface area contributed by atoms with Gasteiger partial charge in [-0.3, -0.25) is 9.97 Å². The minimum atomic E-state index is -0.0364. The first-order valence-electron chi connectivity index (χ1n) is 23.2. The van der Waals surface area contributed by atoms with Crippen LogP contribution in [-0.4, -0.2) is 23.4 Å². The highest BCUT2D eigenvalue weighted by Crippen LogP contribution is 2.57. The molecule has 3 aliphatic heterocycles. The van der Waals surface area contributed by atoms with Crippen LogP contribution in [-0.2, 0) is 0 Å². The second-order valence-corrected chi connectivity index (χ2v) is 18.9. The van der Waals surface area contributed by atoms with Gasteiger partial charge in [0.05, 0.1) is 34.1 Å². The van der Waals surface area contributed by atoms with Gasteiger partial charge in [-0.25, -0.2) is 0 Å². The predicted molar refractivity (Wildman–Crippen MR) is 281 cm³/mol.